The van der Waals surface area contributed by atoms with Crippen LogP contribution in [0.25, 0.3) is 0 Å². The Morgan fingerprint density at radius 2 is 1.45 bits per heavy atom. The summed E-state index contributed by atoms with van der Waals surface area (Å²) in [6, 6.07) is 0. The number of rotatable bonds is 0. The normalized spacial score (nSPS) is 62.2. The van der Waals surface area contributed by atoms with Gasteiger partial charge >= 0.3 is 0 Å². The molecule has 0 aromatic heterocycles. The highest BCUT2D eigenvalue weighted by Crippen LogP contribution is 2.59. The van der Waals surface area contributed by atoms with E-state index in [0.717, 1.165) is 12.8 Å². The van der Waals surface area contributed by atoms with Gasteiger partial charge < -0.3 is 4.74 Å². The van der Waals surface area contributed by atoms with E-state index in [1.54, 1.807) is 0 Å². The van der Waals surface area contributed by atoms with E-state index in [0.29, 0.717) is 9.65 Å². The molecular formula is C8H12Br2O. The molecule has 1 saturated heterocycles. The molecule has 2 fully saturated rings. The molecule has 0 aromatic carbocycles. The minimum absolute atomic E-state index is 0.158. The molecule has 1 nitrogen and oxygen atoms in total. The summed E-state index contributed by atoms with van der Waals surface area (Å²) in [5.41, 5.74) is 0.316. The van der Waals surface area contributed by atoms with Crippen molar-refractivity contribution in [2.75, 3.05) is 0 Å². The SMILES string of the molecule is C[C@@]12C[C@@H](Br)[C@@H](Br)C[C@]1(C)O2. The molecule has 0 aromatic rings. The molecule has 0 spiro atoms. The summed E-state index contributed by atoms with van der Waals surface area (Å²) >= 11 is 7.31. The first-order chi connectivity index (χ1) is 4.97. The Bertz CT molecular complexity index is 177. The topological polar surface area (TPSA) is 12.5 Å². The third-order valence-electron chi connectivity index (χ3n) is 3.09. The molecule has 1 aliphatic carbocycles. The van der Waals surface area contributed by atoms with E-state index in [1.807, 2.05) is 0 Å². The Kier molecular flexibility index (Phi) is 1.73. The third kappa shape index (κ3) is 1.11. The molecule has 0 unspecified atom stereocenters. The van der Waals surface area contributed by atoms with Gasteiger partial charge in [0, 0.05) is 9.65 Å². The van der Waals surface area contributed by atoms with Gasteiger partial charge in [-0.05, 0) is 26.7 Å². The van der Waals surface area contributed by atoms with E-state index in [9.17, 15) is 0 Å². The van der Waals surface area contributed by atoms with Crippen molar-refractivity contribution < 1.29 is 4.74 Å². The van der Waals surface area contributed by atoms with Crippen molar-refractivity contribution >= 4 is 31.9 Å². The predicted octanol–water partition coefficient (Wildman–Crippen LogP) is 2.85. The molecule has 0 radical (unpaired) electrons. The summed E-state index contributed by atoms with van der Waals surface area (Å²) in [6.45, 7) is 4.42. The first-order valence-electron chi connectivity index (χ1n) is 3.95. The van der Waals surface area contributed by atoms with Crippen LogP contribution in [-0.2, 0) is 4.74 Å². The predicted molar refractivity (Wildman–Crippen MR) is 52.6 cm³/mol. The van der Waals surface area contributed by atoms with Crippen molar-refractivity contribution in [2.24, 2.45) is 0 Å². The Morgan fingerprint density at radius 3 is 1.82 bits per heavy atom. The molecule has 1 heterocycles. The van der Waals surface area contributed by atoms with Crippen LogP contribution in [0.15, 0.2) is 0 Å². The van der Waals surface area contributed by atoms with Crippen molar-refractivity contribution in [1.82, 2.24) is 0 Å². The van der Waals surface area contributed by atoms with E-state index in [1.165, 1.54) is 0 Å². The molecule has 3 heteroatoms. The highest BCUT2D eigenvalue weighted by atomic mass is 79.9. The van der Waals surface area contributed by atoms with Crippen LogP contribution in [0.1, 0.15) is 26.7 Å². The number of hydrogen-bond donors (Lipinski definition) is 0. The summed E-state index contributed by atoms with van der Waals surface area (Å²) in [6.07, 6.45) is 2.25. The first kappa shape index (κ1) is 8.52. The molecule has 11 heavy (non-hydrogen) atoms. The Morgan fingerprint density at radius 1 is 1.09 bits per heavy atom. The van der Waals surface area contributed by atoms with E-state index in [4.69, 9.17) is 4.74 Å². The summed E-state index contributed by atoms with van der Waals surface area (Å²) in [7, 11) is 0. The largest absolute Gasteiger partial charge is 0.363 e. The van der Waals surface area contributed by atoms with E-state index in [-0.39, 0.29) is 11.2 Å². The maximum absolute atomic E-state index is 5.73. The second kappa shape index (κ2) is 2.24. The fourth-order valence-corrected chi connectivity index (χ4v) is 3.60. The Hall–Kier alpha value is 0.920. The lowest BCUT2D eigenvalue weighted by Gasteiger charge is -2.27. The quantitative estimate of drug-likeness (QED) is 0.492. The fraction of sp³-hybridized carbons (Fsp3) is 1.00. The number of ether oxygens (including phenoxy) is 1. The van der Waals surface area contributed by atoms with Crippen LogP contribution >= 0.6 is 31.9 Å². The van der Waals surface area contributed by atoms with E-state index >= 15 is 0 Å². The number of alkyl halides is 2. The van der Waals surface area contributed by atoms with Gasteiger partial charge in [-0.15, -0.1) is 0 Å². The van der Waals surface area contributed by atoms with Gasteiger partial charge in [0.15, 0.2) is 0 Å². The summed E-state index contributed by atoms with van der Waals surface area (Å²) < 4.78 is 5.73. The number of halogens is 2. The molecular weight excluding hydrogens is 272 g/mol. The minimum atomic E-state index is 0.158. The van der Waals surface area contributed by atoms with Gasteiger partial charge in [0.25, 0.3) is 0 Å². The van der Waals surface area contributed by atoms with Crippen LogP contribution in [-0.4, -0.2) is 20.9 Å². The summed E-state index contributed by atoms with van der Waals surface area (Å²) in [4.78, 5) is 1.14. The second-order valence-electron chi connectivity index (χ2n) is 4.00. The molecule has 1 aliphatic heterocycles. The standard InChI is InChI=1S/C8H12Br2O/c1-7-3-5(9)6(10)4-8(7,2)11-7/h5-6H,3-4H2,1-2H3/t5-,6+,7-,8+. The number of fused-ring (bicyclic) bond motifs is 1. The average molecular weight is 284 g/mol. The van der Waals surface area contributed by atoms with Gasteiger partial charge in [-0.3, -0.25) is 0 Å². The molecule has 4 atom stereocenters. The highest BCUT2D eigenvalue weighted by Gasteiger charge is 2.67. The zero-order valence-electron chi connectivity index (χ0n) is 6.73. The van der Waals surface area contributed by atoms with Crippen LogP contribution in [0.3, 0.4) is 0 Å². The van der Waals surface area contributed by atoms with E-state index in [2.05, 4.69) is 45.7 Å². The molecule has 1 saturated carbocycles. The molecule has 64 valence electrons. The lowest BCUT2D eigenvalue weighted by atomic mass is 9.82. The van der Waals surface area contributed by atoms with Gasteiger partial charge in [0.1, 0.15) is 0 Å². The Labute approximate surface area is 84.1 Å². The highest BCUT2D eigenvalue weighted by molar-refractivity contribution is 9.12. The maximum atomic E-state index is 5.73. The second-order valence-corrected chi connectivity index (χ2v) is 6.36. The van der Waals surface area contributed by atoms with Crippen LogP contribution < -0.4 is 0 Å². The smallest absolute Gasteiger partial charge is 0.0960 e. The molecule has 0 N–H and O–H groups in total. The van der Waals surface area contributed by atoms with Gasteiger partial charge in [0.2, 0.25) is 0 Å². The summed E-state index contributed by atoms with van der Waals surface area (Å²) in [5, 5.41) is 0. The van der Waals surface area contributed by atoms with Crippen LogP contribution in [0.5, 0.6) is 0 Å². The molecule has 0 bridgehead atoms. The Balaban J connectivity index is 2.15. The molecule has 2 aliphatic rings. The van der Waals surface area contributed by atoms with Gasteiger partial charge in [-0.25, -0.2) is 0 Å². The molecule has 2 rings (SSSR count). The first-order valence-corrected chi connectivity index (χ1v) is 5.78. The van der Waals surface area contributed by atoms with Crippen LogP contribution in [0, 0.1) is 0 Å². The lowest BCUT2D eigenvalue weighted by molar-refractivity contribution is 0.280. The van der Waals surface area contributed by atoms with Crippen molar-refractivity contribution in [1.29, 1.82) is 0 Å². The van der Waals surface area contributed by atoms with Crippen LogP contribution in [0.4, 0.5) is 0 Å². The van der Waals surface area contributed by atoms with Crippen molar-refractivity contribution in [2.45, 2.75) is 47.5 Å². The lowest BCUT2D eigenvalue weighted by Crippen LogP contribution is -2.36. The van der Waals surface area contributed by atoms with E-state index < -0.39 is 0 Å². The summed E-state index contributed by atoms with van der Waals surface area (Å²) in [5.74, 6) is 0. The zero-order valence-corrected chi connectivity index (χ0v) is 9.91. The van der Waals surface area contributed by atoms with Crippen molar-refractivity contribution in [3.05, 3.63) is 0 Å². The maximum Gasteiger partial charge on any atom is 0.0960 e. The van der Waals surface area contributed by atoms with Gasteiger partial charge in [-0.1, -0.05) is 31.9 Å². The zero-order chi connectivity index (χ0) is 8.28. The van der Waals surface area contributed by atoms with Crippen LogP contribution in [0.2, 0.25) is 0 Å². The van der Waals surface area contributed by atoms with Gasteiger partial charge in [0.05, 0.1) is 11.2 Å². The van der Waals surface area contributed by atoms with Gasteiger partial charge in [-0.2, -0.15) is 0 Å². The fourth-order valence-electron chi connectivity index (χ4n) is 1.99. The third-order valence-corrected chi connectivity index (χ3v) is 5.72. The van der Waals surface area contributed by atoms with Crippen molar-refractivity contribution in [3.63, 3.8) is 0 Å². The monoisotopic (exact) mass is 282 g/mol. The molecule has 0 amide bonds. The average Bonchev–Trinajstić information content (AvgIpc) is 2.33. The van der Waals surface area contributed by atoms with Crippen molar-refractivity contribution in [3.8, 4) is 0 Å². The minimum Gasteiger partial charge on any atom is -0.363 e. The number of epoxide rings is 1. The number of hydrogen-bond acceptors (Lipinski definition) is 1.